The molecule has 6 atom stereocenters. The van der Waals surface area contributed by atoms with Crippen LogP contribution < -0.4 is 19.3 Å². The van der Waals surface area contributed by atoms with E-state index in [1.165, 1.54) is 0 Å². The summed E-state index contributed by atoms with van der Waals surface area (Å²) in [7, 11) is -1.77. The second-order valence-electron chi connectivity index (χ2n) is 19.8. The molecule has 0 spiro atoms. The van der Waals surface area contributed by atoms with Gasteiger partial charge in [-0.05, 0) is 114 Å². The quantitative estimate of drug-likeness (QED) is 0.0449. The fraction of sp³-hybridized carbons (Fsp3) is 0.279. The molecule has 75 heavy (non-hydrogen) atoms. The van der Waals surface area contributed by atoms with Gasteiger partial charge in [0.1, 0.15) is 47.8 Å². The topological polar surface area (TPSA) is 157 Å². The van der Waals surface area contributed by atoms with E-state index in [-0.39, 0.29) is 24.9 Å². The zero-order valence-corrected chi connectivity index (χ0v) is 43.7. The Hall–Kier alpha value is -7.25. The van der Waals surface area contributed by atoms with Crippen LogP contribution in [0, 0.1) is 5.41 Å². The molecular weight excluding hydrogens is 970 g/mol. The van der Waals surface area contributed by atoms with Crippen LogP contribution >= 0.6 is 7.82 Å². The molecule has 14 heteroatoms. The summed E-state index contributed by atoms with van der Waals surface area (Å²) in [5.41, 5.74) is 6.56. The van der Waals surface area contributed by atoms with E-state index < -0.39 is 61.4 Å². The molecule has 2 aliphatic rings. The van der Waals surface area contributed by atoms with Gasteiger partial charge in [-0.25, -0.2) is 9.36 Å². The molecule has 9 rings (SSSR count). The first-order valence-corrected chi connectivity index (χ1v) is 26.5. The third kappa shape index (κ3) is 11.8. The number of esters is 1. The average Bonchev–Trinajstić information content (AvgIpc) is 3.91. The molecule has 7 aromatic carbocycles. The van der Waals surface area contributed by atoms with Gasteiger partial charge in [-0.1, -0.05) is 146 Å². The molecule has 0 bridgehead atoms. The zero-order chi connectivity index (χ0) is 52.7. The molecule has 1 saturated heterocycles. The lowest BCUT2D eigenvalue weighted by atomic mass is 9.80. The molecule has 0 aromatic heterocycles. The molecule has 1 aliphatic heterocycles. The molecule has 1 amide bonds. The van der Waals surface area contributed by atoms with Crippen molar-refractivity contribution in [1.29, 1.82) is 0 Å². The van der Waals surface area contributed by atoms with E-state index in [4.69, 9.17) is 37.5 Å². The maximum atomic E-state index is 14.4. The summed E-state index contributed by atoms with van der Waals surface area (Å²) >= 11 is 0. The van der Waals surface area contributed by atoms with Crippen LogP contribution in [0.2, 0.25) is 0 Å². The van der Waals surface area contributed by atoms with Gasteiger partial charge in [-0.2, -0.15) is 0 Å². The van der Waals surface area contributed by atoms with Gasteiger partial charge in [0.15, 0.2) is 0 Å². The summed E-state index contributed by atoms with van der Waals surface area (Å²) in [4.78, 5) is 38.9. The Morgan fingerprint density at radius 2 is 1.16 bits per heavy atom. The maximum absolute atomic E-state index is 14.4. The van der Waals surface area contributed by atoms with Crippen LogP contribution in [0.3, 0.4) is 0 Å². The van der Waals surface area contributed by atoms with E-state index in [9.17, 15) is 19.0 Å². The first-order chi connectivity index (χ1) is 36.2. The predicted octanol–water partition coefficient (Wildman–Crippen LogP) is 12.0. The largest absolute Gasteiger partial charge is 0.527 e. The second kappa shape index (κ2) is 22.7. The Kier molecular flexibility index (Phi) is 15.9. The number of phosphoric ester groups is 1. The smallest absolute Gasteiger partial charge is 0.497 e. The third-order valence-electron chi connectivity index (χ3n) is 13.7. The Morgan fingerprint density at radius 3 is 1.71 bits per heavy atom. The Labute approximate surface area is 438 Å². The van der Waals surface area contributed by atoms with Crippen LogP contribution in [-0.2, 0) is 51.5 Å². The number of nitrogens with one attached hydrogen (secondary N) is 1. The van der Waals surface area contributed by atoms with E-state index in [0.29, 0.717) is 17.9 Å². The number of amides is 1. The van der Waals surface area contributed by atoms with Crippen molar-refractivity contribution < 1.29 is 56.5 Å². The summed E-state index contributed by atoms with van der Waals surface area (Å²) < 4.78 is 62.2. The van der Waals surface area contributed by atoms with Gasteiger partial charge in [0.05, 0.1) is 38.4 Å². The number of hydrogen-bond donors (Lipinski definition) is 2. The normalized spacial score (nSPS) is 18.4. The van der Waals surface area contributed by atoms with Crippen LogP contribution in [0.4, 0.5) is 4.79 Å². The minimum absolute atomic E-state index is 0.0247. The van der Waals surface area contributed by atoms with Crippen molar-refractivity contribution in [2.75, 3.05) is 20.8 Å². The van der Waals surface area contributed by atoms with Gasteiger partial charge in [-0.15, -0.1) is 0 Å². The standard InChI is InChI=1S/C61H62NO12P/c1-40-56(62-59(64)72-53(37-41-17-9-7-10-18-41)55-51-23-15-13-21-49(51)50-22-14-16-24-52(50)55)57(54(71-40)39-69-58(63)60(2,3)4)74-75(65,66)73-48-31-25-42(26-32-48)38-70-61(43-19-11-8-12-20-43,44-27-33-46(67-5)34-28-44)45-29-35-47(68-6)36-30-45/h7-36,40,53-57H,37-39H2,1-6H3,(H,62,64)(H,65,66)/t40-,53?,54+,56?,57?/m0/s1. The van der Waals surface area contributed by atoms with Crippen LogP contribution in [0.15, 0.2) is 182 Å². The van der Waals surface area contributed by atoms with Gasteiger partial charge < -0.3 is 38.3 Å². The predicted molar refractivity (Wildman–Crippen MR) is 285 cm³/mol. The highest BCUT2D eigenvalue weighted by molar-refractivity contribution is 7.47. The van der Waals surface area contributed by atoms with E-state index >= 15 is 0 Å². The minimum Gasteiger partial charge on any atom is -0.497 e. The van der Waals surface area contributed by atoms with Gasteiger partial charge in [0, 0.05) is 12.3 Å². The highest BCUT2D eigenvalue weighted by Crippen LogP contribution is 2.50. The summed E-state index contributed by atoms with van der Waals surface area (Å²) in [6, 6.07) is 56.9. The van der Waals surface area contributed by atoms with Crippen molar-refractivity contribution in [1.82, 2.24) is 5.32 Å². The first-order valence-electron chi connectivity index (χ1n) is 25.0. The molecule has 0 radical (unpaired) electrons. The number of benzene rings is 7. The molecular formula is C61H62NO12P. The molecule has 1 fully saturated rings. The van der Waals surface area contributed by atoms with Gasteiger partial charge in [-0.3, -0.25) is 14.2 Å². The highest BCUT2D eigenvalue weighted by Gasteiger charge is 2.50. The first kappa shape index (κ1) is 52.6. The van der Waals surface area contributed by atoms with Gasteiger partial charge in [0.25, 0.3) is 0 Å². The maximum Gasteiger partial charge on any atom is 0.527 e. The fourth-order valence-corrected chi connectivity index (χ4v) is 11.0. The molecule has 0 saturated carbocycles. The van der Waals surface area contributed by atoms with Crippen LogP contribution in [0.1, 0.15) is 72.6 Å². The lowest BCUT2D eigenvalue weighted by molar-refractivity contribution is -0.158. The lowest BCUT2D eigenvalue weighted by Gasteiger charge is -2.36. The van der Waals surface area contributed by atoms with Crippen LogP contribution in [0.5, 0.6) is 17.2 Å². The number of alkyl carbamates (subject to hydrolysis) is 1. The van der Waals surface area contributed by atoms with Crippen LogP contribution in [-0.4, -0.2) is 68.2 Å². The molecule has 2 N–H and O–H groups in total. The zero-order valence-electron chi connectivity index (χ0n) is 42.8. The second-order valence-corrected chi connectivity index (χ2v) is 21.1. The molecule has 1 aliphatic carbocycles. The summed E-state index contributed by atoms with van der Waals surface area (Å²) in [5, 5.41) is 2.92. The summed E-state index contributed by atoms with van der Waals surface area (Å²) in [5.74, 6) is 0.600. The Morgan fingerprint density at radius 1 is 0.653 bits per heavy atom. The number of methoxy groups -OCH3 is 2. The van der Waals surface area contributed by atoms with Crippen molar-refractivity contribution in [2.24, 2.45) is 5.41 Å². The highest BCUT2D eigenvalue weighted by atomic mass is 31.2. The molecule has 1 heterocycles. The van der Waals surface area contributed by atoms with Crippen LogP contribution in [0.25, 0.3) is 11.1 Å². The molecule has 388 valence electrons. The van der Waals surface area contributed by atoms with E-state index in [1.54, 1.807) is 66.2 Å². The van der Waals surface area contributed by atoms with E-state index in [0.717, 1.165) is 50.1 Å². The summed E-state index contributed by atoms with van der Waals surface area (Å²) in [6.07, 6.45) is -4.28. The molecule has 13 nitrogen and oxygen atoms in total. The Bertz CT molecular complexity index is 3000. The number of ether oxygens (including phenoxy) is 6. The Balaban J connectivity index is 0.948. The third-order valence-corrected chi connectivity index (χ3v) is 14.7. The van der Waals surface area contributed by atoms with E-state index in [1.807, 2.05) is 133 Å². The average molecular weight is 1030 g/mol. The van der Waals surface area contributed by atoms with Crippen molar-refractivity contribution in [2.45, 2.75) is 82.7 Å². The van der Waals surface area contributed by atoms with Gasteiger partial charge in [0.2, 0.25) is 0 Å². The minimum atomic E-state index is -5.01. The number of rotatable bonds is 19. The lowest BCUT2D eigenvalue weighted by Crippen LogP contribution is -2.49. The number of carbonyl (C=O) groups is 2. The van der Waals surface area contributed by atoms with Gasteiger partial charge >= 0.3 is 19.9 Å². The number of phosphoric acid groups is 1. The van der Waals surface area contributed by atoms with Crippen molar-refractivity contribution in [3.8, 4) is 28.4 Å². The number of carbonyl (C=O) groups excluding carboxylic acids is 2. The molecule has 4 unspecified atom stereocenters. The molecule has 7 aromatic rings. The monoisotopic (exact) mass is 1030 g/mol. The number of fused-ring (bicyclic) bond motifs is 3. The van der Waals surface area contributed by atoms with Crippen molar-refractivity contribution in [3.63, 3.8) is 0 Å². The summed E-state index contributed by atoms with van der Waals surface area (Å²) in [6.45, 7) is 6.60. The van der Waals surface area contributed by atoms with Crippen molar-refractivity contribution >= 4 is 19.9 Å². The number of hydrogen-bond acceptors (Lipinski definition) is 11. The van der Waals surface area contributed by atoms with E-state index in [2.05, 4.69) is 29.6 Å². The SMILES string of the molecule is COc1ccc(C(OCc2ccc(OP(=O)(O)OC3C(NC(=O)OC(Cc4ccccc4)C4c5ccccc5-c5ccccc54)[C@H](C)O[C@@H]3COC(=O)C(C)(C)C)cc2)(c2ccccc2)c2ccc(OC)cc2)cc1. The fourth-order valence-electron chi connectivity index (χ4n) is 9.98. The van der Waals surface area contributed by atoms with Crippen molar-refractivity contribution in [3.05, 3.63) is 221 Å².